The van der Waals surface area contributed by atoms with E-state index in [1.807, 2.05) is 36.5 Å². The van der Waals surface area contributed by atoms with Gasteiger partial charge in [-0.25, -0.2) is 4.98 Å². The van der Waals surface area contributed by atoms with Crippen molar-refractivity contribution in [3.05, 3.63) is 113 Å². The van der Waals surface area contributed by atoms with Crippen LogP contribution in [0, 0.1) is 12.8 Å². The number of carbonyl (C=O) groups excluding carboxylic acids is 1. The minimum Gasteiger partial charge on any atom is -0.394 e. The van der Waals surface area contributed by atoms with Gasteiger partial charge in [-0.05, 0) is 60.1 Å². The van der Waals surface area contributed by atoms with Gasteiger partial charge in [0.25, 0.3) is 0 Å². The molecule has 3 aromatic carbocycles. The van der Waals surface area contributed by atoms with Crippen LogP contribution in [0.1, 0.15) is 59.9 Å². The van der Waals surface area contributed by atoms with Gasteiger partial charge in [0.05, 0.1) is 24.1 Å². The number of aliphatic hydroxyl groups excluding tert-OH is 1. The van der Waals surface area contributed by atoms with Gasteiger partial charge >= 0.3 is 0 Å². The molecule has 5 heteroatoms. The molecule has 0 aliphatic heterocycles. The van der Waals surface area contributed by atoms with Gasteiger partial charge in [0.1, 0.15) is 5.65 Å². The molecule has 2 atom stereocenters. The molecule has 0 saturated heterocycles. The average Bonchev–Trinajstić information content (AvgIpc) is 3.61. The third-order valence-electron chi connectivity index (χ3n) is 8.39. The fourth-order valence-electron chi connectivity index (χ4n) is 6.40. The van der Waals surface area contributed by atoms with E-state index in [4.69, 9.17) is 4.98 Å². The Balaban J connectivity index is 1.29. The van der Waals surface area contributed by atoms with Crippen molar-refractivity contribution in [1.29, 1.82) is 0 Å². The highest BCUT2D eigenvalue weighted by Gasteiger charge is 2.33. The van der Waals surface area contributed by atoms with E-state index in [9.17, 15) is 9.90 Å². The second kappa shape index (κ2) is 11.0. The van der Waals surface area contributed by atoms with Crippen LogP contribution in [0.2, 0.25) is 0 Å². The molecule has 198 valence electrons. The summed E-state index contributed by atoms with van der Waals surface area (Å²) in [6, 6.07) is 28.4. The third-order valence-corrected chi connectivity index (χ3v) is 8.39. The summed E-state index contributed by atoms with van der Waals surface area (Å²) < 4.78 is 2.29. The van der Waals surface area contributed by atoms with Crippen molar-refractivity contribution in [2.75, 3.05) is 6.61 Å². The van der Waals surface area contributed by atoms with Crippen molar-refractivity contribution in [3.63, 3.8) is 0 Å². The highest BCUT2D eigenvalue weighted by atomic mass is 16.3. The molecule has 1 amide bonds. The lowest BCUT2D eigenvalue weighted by molar-refractivity contribution is -0.124. The summed E-state index contributed by atoms with van der Waals surface area (Å²) in [6.45, 7) is 2.73. The molecule has 1 fully saturated rings. The number of aromatic nitrogens is 2. The number of aryl methyl sites for hydroxylation is 1. The average molecular weight is 518 g/mol. The minimum atomic E-state index is -0.409. The smallest absolute Gasteiger partial charge is 0.228 e. The first-order valence-corrected chi connectivity index (χ1v) is 14.0. The van der Waals surface area contributed by atoms with Gasteiger partial charge in [0.2, 0.25) is 5.91 Å². The molecule has 0 radical (unpaired) electrons. The summed E-state index contributed by atoms with van der Waals surface area (Å²) >= 11 is 0. The van der Waals surface area contributed by atoms with Gasteiger partial charge in [0, 0.05) is 23.5 Å². The molecule has 0 bridgehead atoms. The molecule has 1 aliphatic rings. The number of rotatable bonds is 8. The largest absolute Gasteiger partial charge is 0.394 e. The second-order valence-corrected chi connectivity index (χ2v) is 10.8. The lowest BCUT2D eigenvalue weighted by Gasteiger charge is -2.26. The maximum absolute atomic E-state index is 13.7. The number of fused-ring (bicyclic) bond motifs is 3. The summed E-state index contributed by atoms with van der Waals surface area (Å²) in [5, 5.41) is 15.6. The lowest BCUT2D eigenvalue weighted by atomic mass is 9.83. The highest BCUT2D eigenvalue weighted by molar-refractivity contribution is 6.08. The van der Waals surface area contributed by atoms with Gasteiger partial charge < -0.3 is 15.0 Å². The molecule has 5 aromatic rings. The Bertz CT molecular complexity index is 1580. The van der Waals surface area contributed by atoms with Gasteiger partial charge in [-0.15, -0.1) is 0 Å². The number of pyridine rings is 1. The minimum absolute atomic E-state index is 0.000346. The molecule has 1 saturated carbocycles. The molecule has 0 spiro atoms. The van der Waals surface area contributed by atoms with Crippen LogP contribution in [0.25, 0.3) is 21.9 Å². The number of nitrogens with one attached hydrogen (secondary N) is 1. The Kier molecular flexibility index (Phi) is 7.16. The number of nitrogens with zero attached hydrogens (tertiary/aromatic N) is 2. The number of aliphatic hydroxyl groups is 1. The molecule has 39 heavy (non-hydrogen) atoms. The number of hydrogen-bond donors (Lipinski definition) is 2. The quantitative estimate of drug-likeness (QED) is 0.242. The molecule has 2 aromatic heterocycles. The highest BCUT2D eigenvalue weighted by Crippen LogP contribution is 2.38. The van der Waals surface area contributed by atoms with Crippen LogP contribution in [0.4, 0.5) is 0 Å². The predicted octanol–water partition coefficient (Wildman–Crippen LogP) is 6.67. The van der Waals surface area contributed by atoms with Crippen molar-refractivity contribution in [2.24, 2.45) is 5.92 Å². The fourth-order valence-corrected chi connectivity index (χ4v) is 6.40. The number of amides is 1. The normalized spacial score (nSPS) is 15.5. The second-order valence-electron chi connectivity index (χ2n) is 10.8. The summed E-state index contributed by atoms with van der Waals surface area (Å²) in [4.78, 5) is 18.5. The third kappa shape index (κ3) is 4.95. The van der Waals surface area contributed by atoms with E-state index in [-0.39, 0.29) is 18.4 Å². The zero-order valence-electron chi connectivity index (χ0n) is 22.4. The molecule has 2 N–H and O–H groups in total. The summed E-state index contributed by atoms with van der Waals surface area (Å²) in [6.07, 6.45) is 6.32. The van der Waals surface area contributed by atoms with E-state index in [0.29, 0.717) is 12.5 Å². The summed E-state index contributed by atoms with van der Waals surface area (Å²) in [5.41, 5.74) is 6.55. The van der Waals surface area contributed by atoms with Crippen molar-refractivity contribution in [1.82, 2.24) is 14.9 Å². The van der Waals surface area contributed by atoms with Gasteiger partial charge in [-0.1, -0.05) is 85.6 Å². The molecular formula is C34H35N3O2. The van der Waals surface area contributed by atoms with E-state index >= 15 is 0 Å². The first-order valence-electron chi connectivity index (χ1n) is 14.0. The van der Waals surface area contributed by atoms with Crippen molar-refractivity contribution in [3.8, 4) is 0 Å². The first-order chi connectivity index (χ1) is 19.1. The van der Waals surface area contributed by atoms with E-state index in [1.165, 1.54) is 27.4 Å². The molecule has 5 nitrogen and oxygen atoms in total. The molecule has 2 unspecified atom stereocenters. The molecule has 1 aliphatic carbocycles. The number of hydrogen-bond acceptors (Lipinski definition) is 3. The van der Waals surface area contributed by atoms with Crippen LogP contribution in [0.15, 0.2) is 91.1 Å². The SMILES string of the molecule is Cc1ccnc2c1c1ccccc1n2Cc1ccc(C(C(=O)NC(CO)c2ccccc2)C2CCCC2)cc1. The first kappa shape index (κ1) is 25.3. The van der Waals surface area contributed by atoms with E-state index in [1.54, 1.807) is 0 Å². The molecule has 2 heterocycles. The zero-order chi connectivity index (χ0) is 26.8. The Labute approximate surface area is 229 Å². The lowest BCUT2D eigenvalue weighted by Crippen LogP contribution is -2.37. The monoisotopic (exact) mass is 517 g/mol. The Morgan fingerprint density at radius 2 is 1.67 bits per heavy atom. The van der Waals surface area contributed by atoms with Gasteiger partial charge in [-0.2, -0.15) is 0 Å². The fraction of sp³-hybridized carbons (Fsp3) is 0.294. The van der Waals surface area contributed by atoms with Crippen LogP contribution in [-0.4, -0.2) is 27.2 Å². The Morgan fingerprint density at radius 3 is 2.41 bits per heavy atom. The van der Waals surface area contributed by atoms with E-state index < -0.39 is 6.04 Å². The van der Waals surface area contributed by atoms with Crippen LogP contribution in [0.3, 0.4) is 0 Å². The number of para-hydroxylation sites is 1. The summed E-state index contributed by atoms with van der Waals surface area (Å²) in [7, 11) is 0. The maximum Gasteiger partial charge on any atom is 0.228 e. The van der Waals surface area contributed by atoms with Crippen LogP contribution in [0.5, 0.6) is 0 Å². The van der Waals surface area contributed by atoms with Gasteiger partial charge in [-0.3, -0.25) is 4.79 Å². The van der Waals surface area contributed by atoms with Crippen molar-refractivity contribution < 1.29 is 9.90 Å². The van der Waals surface area contributed by atoms with Crippen LogP contribution in [-0.2, 0) is 11.3 Å². The van der Waals surface area contributed by atoms with Crippen molar-refractivity contribution in [2.45, 2.75) is 51.1 Å². The number of carbonyl (C=O) groups is 1. The van der Waals surface area contributed by atoms with Gasteiger partial charge in [0.15, 0.2) is 0 Å². The number of benzene rings is 3. The van der Waals surface area contributed by atoms with E-state index in [0.717, 1.165) is 42.5 Å². The maximum atomic E-state index is 13.7. The standard InChI is InChI=1S/C34H35N3O2/c1-23-19-20-35-33-31(23)28-13-7-8-14-30(28)37(33)21-24-15-17-27(18-16-24)32(26-11-5-6-12-26)34(39)36-29(22-38)25-9-3-2-4-10-25/h2-4,7-10,13-20,26,29,32,38H,5-6,11-12,21-22H2,1H3,(H,36,39). The van der Waals surface area contributed by atoms with E-state index in [2.05, 4.69) is 71.4 Å². The van der Waals surface area contributed by atoms with Crippen LogP contribution < -0.4 is 5.32 Å². The topological polar surface area (TPSA) is 67.2 Å². The predicted molar refractivity (Wildman–Crippen MR) is 157 cm³/mol. The summed E-state index contributed by atoms with van der Waals surface area (Å²) in [5.74, 6) is 0.0898. The molecule has 6 rings (SSSR count). The Hall–Kier alpha value is -3.96. The Morgan fingerprint density at radius 1 is 0.949 bits per heavy atom. The molecular weight excluding hydrogens is 482 g/mol. The van der Waals surface area contributed by atoms with Crippen molar-refractivity contribution >= 4 is 27.8 Å². The van der Waals surface area contributed by atoms with Crippen LogP contribution >= 0.6 is 0 Å². The zero-order valence-corrected chi connectivity index (χ0v) is 22.4.